The Morgan fingerprint density at radius 1 is 1.50 bits per heavy atom. The Labute approximate surface area is 118 Å². The average Bonchev–Trinajstić information content (AvgIpc) is 2.82. The number of hydrogen-bond acceptors (Lipinski definition) is 6. The highest BCUT2D eigenvalue weighted by Crippen LogP contribution is 2.29. The van der Waals surface area contributed by atoms with Gasteiger partial charge in [-0.2, -0.15) is 0 Å². The van der Waals surface area contributed by atoms with E-state index in [2.05, 4.69) is 15.6 Å². The number of non-ortho nitro benzene ring substituents is 1. The van der Waals surface area contributed by atoms with Crippen molar-refractivity contribution in [3.63, 3.8) is 0 Å². The Hall–Kier alpha value is -2.22. The SMILES string of the molecule is O=C1NCCC[C@H]1Nc1nc2ccc([N+](=O)[O-])cc2s1. The fourth-order valence-electron chi connectivity index (χ4n) is 2.15. The molecule has 1 fully saturated rings. The first-order valence-electron chi connectivity index (χ1n) is 6.23. The van der Waals surface area contributed by atoms with Crippen LogP contribution in [0.5, 0.6) is 0 Å². The van der Waals surface area contributed by atoms with Crippen molar-refractivity contribution in [3.8, 4) is 0 Å². The minimum absolute atomic E-state index is 0.0264. The number of nitro groups is 1. The number of aromatic nitrogens is 1. The molecule has 0 bridgehead atoms. The van der Waals surface area contributed by atoms with Crippen LogP contribution in [0.25, 0.3) is 10.2 Å². The number of nitrogens with one attached hydrogen (secondary N) is 2. The highest BCUT2D eigenvalue weighted by molar-refractivity contribution is 7.22. The zero-order chi connectivity index (χ0) is 14.1. The monoisotopic (exact) mass is 292 g/mol. The van der Waals surface area contributed by atoms with Crippen molar-refractivity contribution < 1.29 is 9.72 Å². The third-order valence-electron chi connectivity index (χ3n) is 3.17. The van der Waals surface area contributed by atoms with Crippen molar-refractivity contribution >= 4 is 38.3 Å². The molecule has 1 aromatic carbocycles. The third-order valence-corrected chi connectivity index (χ3v) is 4.12. The predicted molar refractivity (Wildman–Crippen MR) is 75.9 cm³/mol. The van der Waals surface area contributed by atoms with Gasteiger partial charge in [0.15, 0.2) is 5.13 Å². The lowest BCUT2D eigenvalue weighted by Gasteiger charge is -2.22. The van der Waals surface area contributed by atoms with Gasteiger partial charge in [0.25, 0.3) is 5.69 Å². The number of carbonyl (C=O) groups excluding carboxylic acids is 1. The first kappa shape index (κ1) is 12.8. The van der Waals surface area contributed by atoms with Crippen LogP contribution in [0.4, 0.5) is 10.8 Å². The maximum atomic E-state index is 11.7. The van der Waals surface area contributed by atoms with Crippen LogP contribution in [-0.4, -0.2) is 28.4 Å². The van der Waals surface area contributed by atoms with Crippen molar-refractivity contribution in [1.82, 2.24) is 10.3 Å². The van der Waals surface area contributed by atoms with Gasteiger partial charge in [0.1, 0.15) is 6.04 Å². The summed E-state index contributed by atoms with van der Waals surface area (Å²) in [5.41, 5.74) is 0.738. The normalized spacial score (nSPS) is 18.8. The van der Waals surface area contributed by atoms with Gasteiger partial charge in [-0.3, -0.25) is 14.9 Å². The summed E-state index contributed by atoms with van der Waals surface area (Å²) in [6, 6.07) is 4.27. The molecule has 8 heteroatoms. The van der Waals surface area contributed by atoms with Crippen LogP contribution in [0, 0.1) is 10.1 Å². The molecule has 1 aliphatic rings. The Kier molecular flexibility index (Phi) is 3.23. The topological polar surface area (TPSA) is 97.2 Å². The molecule has 2 aromatic rings. The lowest BCUT2D eigenvalue weighted by molar-refractivity contribution is -0.384. The van der Waals surface area contributed by atoms with Crippen molar-refractivity contribution in [3.05, 3.63) is 28.3 Å². The number of anilines is 1. The van der Waals surface area contributed by atoms with Gasteiger partial charge in [0, 0.05) is 18.7 Å². The lowest BCUT2D eigenvalue weighted by atomic mass is 10.1. The summed E-state index contributed by atoms with van der Waals surface area (Å²) in [5.74, 6) is -0.0264. The predicted octanol–water partition coefficient (Wildman–Crippen LogP) is 1.89. The smallest absolute Gasteiger partial charge is 0.270 e. The molecule has 0 unspecified atom stereocenters. The van der Waals surface area contributed by atoms with Gasteiger partial charge in [0.05, 0.1) is 15.1 Å². The highest BCUT2D eigenvalue weighted by Gasteiger charge is 2.22. The van der Waals surface area contributed by atoms with Gasteiger partial charge in [-0.05, 0) is 18.9 Å². The maximum absolute atomic E-state index is 11.7. The fraction of sp³-hybridized carbons (Fsp3) is 0.333. The van der Waals surface area contributed by atoms with E-state index in [4.69, 9.17) is 0 Å². The standard InChI is InChI=1S/C12H12N4O3S/c17-11-9(2-1-5-13-11)15-12-14-8-4-3-7(16(18)19)6-10(8)20-12/h3-4,6,9H,1-2,5H2,(H,13,17)(H,14,15)/t9-/m1/s1. The third kappa shape index (κ3) is 2.42. The van der Waals surface area contributed by atoms with Gasteiger partial charge in [-0.25, -0.2) is 4.98 Å². The lowest BCUT2D eigenvalue weighted by Crippen LogP contribution is -2.44. The summed E-state index contributed by atoms with van der Waals surface area (Å²) >= 11 is 1.32. The van der Waals surface area contributed by atoms with Gasteiger partial charge in [0.2, 0.25) is 5.91 Å². The summed E-state index contributed by atoms with van der Waals surface area (Å²) in [4.78, 5) is 26.3. The van der Waals surface area contributed by atoms with E-state index in [0.717, 1.165) is 17.5 Å². The molecule has 2 N–H and O–H groups in total. The summed E-state index contributed by atoms with van der Waals surface area (Å²) in [6.45, 7) is 0.711. The molecule has 1 amide bonds. The number of piperidine rings is 1. The highest BCUT2D eigenvalue weighted by atomic mass is 32.1. The largest absolute Gasteiger partial charge is 0.354 e. The van der Waals surface area contributed by atoms with Gasteiger partial charge in [-0.15, -0.1) is 0 Å². The minimum Gasteiger partial charge on any atom is -0.354 e. The van der Waals surface area contributed by atoms with E-state index in [1.807, 2.05) is 0 Å². The first-order chi connectivity index (χ1) is 9.63. The number of rotatable bonds is 3. The Morgan fingerprint density at radius 2 is 2.35 bits per heavy atom. The van der Waals surface area contributed by atoms with E-state index in [-0.39, 0.29) is 17.6 Å². The van der Waals surface area contributed by atoms with Gasteiger partial charge >= 0.3 is 0 Å². The number of benzene rings is 1. The Morgan fingerprint density at radius 3 is 3.10 bits per heavy atom. The molecule has 0 spiro atoms. The number of carbonyl (C=O) groups is 1. The van der Waals surface area contributed by atoms with Crippen molar-refractivity contribution in [2.75, 3.05) is 11.9 Å². The van der Waals surface area contributed by atoms with Crippen LogP contribution in [0.2, 0.25) is 0 Å². The first-order valence-corrected chi connectivity index (χ1v) is 7.04. The summed E-state index contributed by atoms with van der Waals surface area (Å²) in [7, 11) is 0. The zero-order valence-corrected chi connectivity index (χ0v) is 11.3. The minimum atomic E-state index is -0.430. The summed E-state index contributed by atoms with van der Waals surface area (Å²) < 4.78 is 0.734. The molecule has 3 rings (SSSR count). The van der Waals surface area contributed by atoms with Crippen molar-refractivity contribution in [2.24, 2.45) is 0 Å². The van der Waals surface area contributed by atoms with Crippen molar-refractivity contribution in [1.29, 1.82) is 0 Å². The molecule has 0 aliphatic carbocycles. The molecule has 104 valence electrons. The Balaban J connectivity index is 1.85. The van der Waals surface area contributed by atoms with E-state index in [1.165, 1.54) is 23.5 Å². The second-order valence-electron chi connectivity index (χ2n) is 4.56. The molecule has 7 nitrogen and oxygen atoms in total. The quantitative estimate of drug-likeness (QED) is 0.665. The van der Waals surface area contributed by atoms with Gasteiger partial charge in [-0.1, -0.05) is 11.3 Å². The zero-order valence-electron chi connectivity index (χ0n) is 10.5. The molecule has 2 heterocycles. The van der Waals surface area contributed by atoms with E-state index in [1.54, 1.807) is 6.07 Å². The molecule has 1 aliphatic heterocycles. The number of fused-ring (bicyclic) bond motifs is 1. The molecule has 1 atom stereocenters. The summed E-state index contributed by atoms with van der Waals surface area (Å²) in [6.07, 6.45) is 1.70. The molecule has 20 heavy (non-hydrogen) atoms. The number of hydrogen-bond donors (Lipinski definition) is 2. The van der Waals surface area contributed by atoms with Crippen LogP contribution in [0.15, 0.2) is 18.2 Å². The van der Waals surface area contributed by atoms with E-state index in [9.17, 15) is 14.9 Å². The van der Waals surface area contributed by atoms with Crippen molar-refractivity contribution in [2.45, 2.75) is 18.9 Å². The van der Waals surface area contributed by atoms with E-state index >= 15 is 0 Å². The molecule has 1 saturated heterocycles. The molecule has 1 aromatic heterocycles. The van der Waals surface area contributed by atoms with Gasteiger partial charge < -0.3 is 10.6 Å². The second-order valence-corrected chi connectivity index (χ2v) is 5.59. The summed E-state index contributed by atoms with van der Waals surface area (Å²) in [5, 5.41) is 17.2. The van der Waals surface area contributed by atoms with Crippen LogP contribution >= 0.6 is 11.3 Å². The number of nitro benzene ring substituents is 1. The molecule has 0 radical (unpaired) electrons. The Bertz CT molecular complexity index is 684. The maximum Gasteiger partial charge on any atom is 0.270 e. The number of amides is 1. The second kappa shape index (κ2) is 5.04. The average molecular weight is 292 g/mol. The van der Waals surface area contributed by atoms with Crippen LogP contribution in [-0.2, 0) is 4.79 Å². The molecule has 0 saturated carbocycles. The molecular formula is C12H12N4O3S. The van der Waals surface area contributed by atoms with E-state index < -0.39 is 4.92 Å². The molecular weight excluding hydrogens is 280 g/mol. The fourth-order valence-corrected chi connectivity index (χ4v) is 3.10. The number of thiazole rings is 1. The number of nitrogens with zero attached hydrogens (tertiary/aromatic N) is 2. The van der Waals surface area contributed by atoms with Crippen LogP contribution < -0.4 is 10.6 Å². The van der Waals surface area contributed by atoms with E-state index in [0.29, 0.717) is 17.2 Å². The van der Waals surface area contributed by atoms with Crippen LogP contribution in [0.1, 0.15) is 12.8 Å². The van der Waals surface area contributed by atoms with Crippen LogP contribution in [0.3, 0.4) is 0 Å².